The Morgan fingerprint density at radius 3 is 2.61 bits per heavy atom. The number of hydrogen-bond donors (Lipinski definition) is 2. The molecule has 0 aromatic carbocycles. The highest BCUT2D eigenvalue weighted by molar-refractivity contribution is 14.0. The lowest BCUT2D eigenvalue weighted by molar-refractivity contribution is 0.518. The second-order valence-corrected chi connectivity index (χ2v) is 6.86. The third-order valence-corrected chi connectivity index (χ3v) is 4.73. The van der Waals surface area contributed by atoms with Crippen LogP contribution in [0.1, 0.15) is 30.1 Å². The van der Waals surface area contributed by atoms with Crippen LogP contribution in [0.4, 0.5) is 0 Å². The molecule has 0 radical (unpaired) electrons. The van der Waals surface area contributed by atoms with Crippen LogP contribution < -0.4 is 10.6 Å². The number of pyridine rings is 1. The molecule has 0 atom stereocenters. The van der Waals surface area contributed by atoms with E-state index in [1.807, 2.05) is 25.1 Å². The first-order valence-corrected chi connectivity index (χ1v) is 8.30. The molecule has 0 unspecified atom stereocenters. The number of nitrogens with zero attached hydrogens (tertiary/aromatic N) is 2. The van der Waals surface area contributed by atoms with Gasteiger partial charge in [-0.1, -0.05) is 26.0 Å². The number of aliphatic imine (C=N–C) groups is 1. The van der Waals surface area contributed by atoms with Gasteiger partial charge >= 0.3 is 0 Å². The molecule has 2 aromatic heterocycles. The van der Waals surface area contributed by atoms with Crippen LogP contribution in [0.2, 0.25) is 0 Å². The molecule has 126 valence electrons. The van der Waals surface area contributed by atoms with Gasteiger partial charge in [-0.3, -0.25) is 9.98 Å². The molecule has 0 aliphatic carbocycles. The third-order valence-electron chi connectivity index (χ3n) is 3.49. The highest BCUT2D eigenvalue weighted by Crippen LogP contribution is 2.26. The van der Waals surface area contributed by atoms with Crippen LogP contribution in [-0.4, -0.2) is 24.5 Å². The summed E-state index contributed by atoms with van der Waals surface area (Å²) in [5.74, 6) is 0.799. The normalized spacial score (nSPS) is 11.7. The zero-order valence-electron chi connectivity index (χ0n) is 14.1. The van der Waals surface area contributed by atoms with Crippen molar-refractivity contribution in [1.29, 1.82) is 0 Å². The Balaban J connectivity index is 0.00000264. The summed E-state index contributed by atoms with van der Waals surface area (Å²) in [6.45, 7) is 7.97. The van der Waals surface area contributed by atoms with E-state index in [-0.39, 0.29) is 29.4 Å². The number of thiophene rings is 1. The van der Waals surface area contributed by atoms with Gasteiger partial charge in [0.05, 0.1) is 12.2 Å². The van der Waals surface area contributed by atoms with Crippen LogP contribution in [0, 0.1) is 6.92 Å². The van der Waals surface area contributed by atoms with Gasteiger partial charge in [0.15, 0.2) is 5.96 Å². The Morgan fingerprint density at radius 2 is 2.00 bits per heavy atom. The predicted octanol–water partition coefficient (Wildman–Crippen LogP) is 3.71. The minimum Gasteiger partial charge on any atom is -0.356 e. The fraction of sp³-hybridized carbons (Fsp3) is 0.412. The third kappa shape index (κ3) is 6.10. The molecule has 0 amide bonds. The van der Waals surface area contributed by atoms with E-state index in [2.05, 4.69) is 52.0 Å². The van der Waals surface area contributed by atoms with Gasteiger partial charge in [0, 0.05) is 29.6 Å². The topological polar surface area (TPSA) is 49.3 Å². The van der Waals surface area contributed by atoms with E-state index in [1.54, 1.807) is 18.4 Å². The van der Waals surface area contributed by atoms with E-state index in [1.165, 1.54) is 4.88 Å². The molecule has 0 aliphatic heterocycles. The molecule has 0 bridgehead atoms. The van der Waals surface area contributed by atoms with Gasteiger partial charge in [0.1, 0.15) is 0 Å². The zero-order chi connectivity index (χ0) is 16.0. The van der Waals surface area contributed by atoms with Crippen molar-refractivity contribution >= 4 is 41.3 Å². The summed E-state index contributed by atoms with van der Waals surface area (Å²) < 4.78 is 0. The summed E-state index contributed by atoms with van der Waals surface area (Å²) in [5.41, 5.74) is 2.12. The van der Waals surface area contributed by atoms with Crippen molar-refractivity contribution in [2.75, 3.05) is 13.6 Å². The summed E-state index contributed by atoms with van der Waals surface area (Å²) in [4.78, 5) is 10.1. The average molecular weight is 444 g/mol. The molecule has 0 fully saturated rings. The van der Waals surface area contributed by atoms with Crippen molar-refractivity contribution in [2.24, 2.45) is 4.99 Å². The van der Waals surface area contributed by atoms with Crippen LogP contribution in [0.3, 0.4) is 0 Å². The number of halogens is 1. The summed E-state index contributed by atoms with van der Waals surface area (Å²) in [5, 5.41) is 8.83. The number of hydrogen-bond acceptors (Lipinski definition) is 3. The SMILES string of the molecule is CN=C(NCc1cccc(C)n1)NCC(C)(C)c1cccs1.I. The van der Waals surface area contributed by atoms with Crippen molar-refractivity contribution in [2.45, 2.75) is 32.7 Å². The number of aromatic nitrogens is 1. The van der Waals surface area contributed by atoms with E-state index in [4.69, 9.17) is 0 Å². The van der Waals surface area contributed by atoms with Gasteiger partial charge in [-0.25, -0.2) is 0 Å². The lowest BCUT2D eigenvalue weighted by Crippen LogP contribution is -2.43. The second kappa shape index (κ2) is 9.22. The first-order valence-electron chi connectivity index (χ1n) is 7.42. The first-order chi connectivity index (χ1) is 10.5. The first kappa shape index (κ1) is 19.9. The van der Waals surface area contributed by atoms with Crippen molar-refractivity contribution in [1.82, 2.24) is 15.6 Å². The van der Waals surface area contributed by atoms with Gasteiger partial charge < -0.3 is 10.6 Å². The molecule has 6 heteroatoms. The average Bonchev–Trinajstić information content (AvgIpc) is 3.02. The van der Waals surface area contributed by atoms with E-state index >= 15 is 0 Å². The Bertz CT molecular complexity index is 623. The lowest BCUT2D eigenvalue weighted by atomic mass is 9.91. The van der Waals surface area contributed by atoms with Gasteiger partial charge in [-0.05, 0) is 30.5 Å². The maximum Gasteiger partial charge on any atom is 0.191 e. The number of aryl methyl sites for hydroxylation is 1. The van der Waals surface area contributed by atoms with E-state index in [0.29, 0.717) is 6.54 Å². The quantitative estimate of drug-likeness (QED) is 0.420. The smallest absolute Gasteiger partial charge is 0.191 e. The number of guanidine groups is 1. The van der Waals surface area contributed by atoms with Crippen LogP contribution in [0.25, 0.3) is 0 Å². The van der Waals surface area contributed by atoms with Crippen LogP contribution in [0.15, 0.2) is 40.7 Å². The van der Waals surface area contributed by atoms with Crippen molar-refractivity contribution in [3.05, 3.63) is 52.0 Å². The van der Waals surface area contributed by atoms with E-state index < -0.39 is 0 Å². The molecule has 2 aromatic rings. The Morgan fingerprint density at radius 1 is 1.22 bits per heavy atom. The molecule has 0 saturated carbocycles. The molecule has 23 heavy (non-hydrogen) atoms. The fourth-order valence-electron chi connectivity index (χ4n) is 2.15. The molecule has 0 spiro atoms. The van der Waals surface area contributed by atoms with Gasteiger partial charge in [0.2, 0.25) is 0 Å². The van der Waals surface area contributed by atoms with Crippen molar-refractivity contribution < 1.29 is 0 Å². The maximum atomic E-state index is 4.49. The Labute approximate surface area is 159 Å². The molecule has 2 rings (SSSR count). The standard InChI is InChI=1S/C17H24N4S.HI/c1-13-7-5-8-14(21-13)11-19-16(18-4)20-12-17(2,3)15-9-6-10-22-15;/h5-10H,11-12H2,1-4H3,(H2,18,19,20);1H. The monoisotopic (exact) mass is 444 g/mol. The summed E-state index contributed by atoms with van der Waals surface area (Å²) in [6.07, 6.45) is 0. The number of rotatable bonds is 5. The van der Waals surface area contributed by atoms with Crippen LogP contribution in [0.5, 0.6) is 0 Å². The van der Waals surface area contributed by atoms with E-state index in [0.717, 1.165) is 23.9 Å². The molecular weight excluding hydrogens is 419 g/mol. The minimum absolute atomic E-state index is 0. The molecule has 0 saturated heterocycles. The lowest BCUT2D eigenvalue weighted by Gasteiger charge is -2.25. The van der Waals surface area contributed by atoms with Crippen LogP contribution >= 0.6 is 35.3 Å². The van der Waals surface area contributed by atoms with Crippen molar-refractivity contribution in [3.63, 3.8) is 0 Å². The highest BCUT2D eigenvalue weighted by atomic mass is 127. The minimum atomic E-state index is 0. The van der Waals surface area contributed by atoms with Crippen LogP contribution in [-0.2, 0) is 12.0 Å². The zero-order valence-corrected chi connectivity index (χ0v) is 17.2. The van der Waals surface area contributed by atoms with Crippen molar-refractivity contribution in [3.8, 4) is 0 Å². The molecular formula is C17H25IN4S. The largest absolute Gasteiger partial charge is 0.356 e. The predicted molar refractivity (Wildman–Crippen MR) is 110 cm³/mol. The Hall–Kier alpha value is -1.15. The summed E-state index contributed by atoms with van der Waals surface area (Å²) in [6, 6.07) is 10.3. The fourth-order valence-corrected chi connectivity index (χ4v) is 3.00. The van der Waals surface area contributed by atoms with Gasteiger partial charge in [-0.2, -0.15) is 0 Å². The summed E-state index contributed by atoms with van der Waals surface area (Å²) >= 11 is 1.79. The molecule has 2 heterocycles. The van der Waals surface area contributed by atoms with Gasteiger partial charge in [0.25, 0.3) is 0 Å². The Kier molecular flexibility index (Phi) is 7.98. The highest BCUT2D eigenvalue weighted by Gasteiger charge is 2.21. The number of nitrogens with one attached hydrogen (secondary N) is 2. The molecule has 2 N–H and O–H groups in total. The molecule has 0 aliphatic rings. The second-order valence-electron chi connectivity index (χ2n) is 5.91. The van der Waals surface area contributed by atoms with E-state index in [9.17, 15) is 0 Å². The molecule has 4 nitrogen and oxygen atoms in total. The summed E-state index contributed by atoms with van der Waals surface area (Å²) in [7, 11) is 1.79. The maximum absolute atomic E-state index is 4.49. The van der Waals surface area contributed by atoms with Gasteiger partial charge in [-0.15, -0.1) is 35.3 Å².